The third-order valence-corrected chi connectivity index (χ3v) is 5.22. The lowest BCUT2D eigenvalue weighted by molar-refractivity contribution is -0.121. The second-order valence-corrected chi connectivity index (χ2v) is 7.23. The van der Waals surface area contributed by atoms with Crippen molar-refractivity contribution in [3.8, 4) is 24.2 Å². The lowest BCUT2D eigenvalue weighted by Gasteiger charge is -2.22. The van der Waals surface area contributed by atoms with Gasteiger partial charge in [-0.1, -0.05) is 17.9 Å². The highest BCUT2D eigenvalue weighted by Gasteiger charge is 2.33. The molecule has 1 aromatic carbocycles. The number of benzene rings is 1. The first-order chi connectivity index (χ1) is 15.1. The van der Waals surface area contributed by atoms with Crippen LogP contribution in [0.1, 0.15) is 52.9 Å². The van der Waals surface area contributed by atoms with Gasteiger partial charge in [0.1, 0.15) is 12.0 Å². The number of rotatable bonds is 8. The summed E-state index contributed by atoms with van der Waals surface area (Å²) in [5.41, 5.74) is 2.81. The van der Waals surface area contributed by atoms with Gasteiger partial charge in [0.2, 0.25) is 5.91 Å². The van der Waals surface area contributed by atoms with Crippen LogP contribution in [0.5, 0.6) is 0 Å². The maximum atomic E-state index is 12.8. The number of carbonyl (C=O) groups excluding carboxylic acids is 3. The number of imidazole rings is 1. The Balaban J connectivity index is 1.63. The Morgan fingerprint density at radius 3 is 2.97 bits per heavy atom. The van der Waals surface area contributed by atoms with Crippen LogP contribution in [0, 0.1) is 24.2 Å². The number of terminal acetylenes is 1. The normalized spacial score (nSPS) is 13.0. The molecule has 0 radical (unpaired) electrons. The van der Waals surface area contributed by atoms with E-state index >= 15 is 0 Å². The summed E-state index contributed by atoms with van der Waals surface area (Å²) in [6.45, 7) is 1.09. The van der Waals surface area contributed by atoms with E-state index in [4.69, 9.17) is 6.42 Å². The van der Waals surface area contributed by atoms with Gasteiger partial charge in [-0.15, -0.1) is 6.42 Å². The molecule has 0 saturated heterocycles. The van der Waals surface area contributed by atoms with Crippen LogP contribution in [0.4, 0.5) is 0 Å². The van der Waals surface area contributed by atoms with Crippen LogP contribution in [0.25, 0.3) is 0 Å². The molecule has 0 saturated carbocycles. The number of fused-ring (bicyclic) bond motifs is 1. The predicted octanol–water partition coefficient (Wildman–Crippen LogP) is 1.75. The molecular weight excluding hydrogens is 392 g/mol. The molecule has 0 fully saturated rings. The average Bonchev–Trinajstić information content (AvgIpc) is 3.39. The molecule has 31 heavy (non-hydrogen) atoms. The molecule has 1 unspecified atom stereocenters. The Morgan fingerprint density at radius 2 is 2.26 bits per heavy atom. The number of nitrogens with one attached hydrogen (secondary N) is 1. The largest absolute Gasteiger partial charge is 0.359 e. The van der Waals surface area contributed by atoms with Crippen molar-refractivity contribution in [1.29, 1.82) is 0 Å². The van der Waals surface area contributed by atoms with Gasteiger partial charge in [-0.3, -0.25) is 9.59 Å². The first kappa shape index (κ1) is 21.9. The average molecular weight is 416 g/mol. The van der Waals surface area contributed by atoms with Crippen LogP contribution in [0.15, 0.2) is 30.7 Å². The van der Waals surface area contributed by atoms with Crippen molar-refractivity contribution < 1.29 is 14.4 Å². The number of amides is 2. The van der Waals surface area contributed by atoms with Crippen LogP contribution in [0.3, 0.4) is 0 Å². The lowest BCUT2D eigenvalue weighted by atomic mass is 10.0. The number of carbonyl (C=O) groups is 3. The van der Waals surface area contributed by atoms with Gasteiger partial charge >= 0.3 is 0 Å². The van der Waals surface area contributed by atoms with Gasteiger partial charge in [0, 0.05) is 50.3 Å². The standard InChI is InChI=1S/C24H24N4O3/c1-3-19-14-27(17-26-19)13-6-4-5-8-18-9-7-10-21-22(18)15-28(24(21)31)20(16-29)11-12-23(30)25-2/h1,7,9-10,14,16-17,20H,4,6,11-13,15H2,2H3,(H,25,30). The summed E-state index contributed by atoms with van der Waals surface area (Å²) in [7, 11) is 1.55. The molecule has 1 N–H and O–H groups in total. The van der Waals surface area contributed by atoms with Crippen molar-refractivity contribution in [2.75, 3.05) is 7.05 Å². The van der Waals surface area contributed by atoms with Crippen molar-refractivity contribution in [3.63, 3.8) is 0 Å². The smallest absolute Gasteiger partial charge is 0.255 e. The fraction of sp³-hybridized carbons (Fsp3) is 0.333. The molecule has 1 aliphatic rings. The van der Waals surface area contributed by atoms with Crippen molar-refractivity contribution in [2.24, 2.45) is 0 Å². The summed E-state index contributed by atoms with van der Waals surface area (Å²) in [5.74, 6) is 8.47. The van der Waals surface area contributed by atoms with Crippen LogP contribution in [-0.4, -0.2) is 45.6 Å². The van der Waals surface area contributed by atoms with Crippen LogP contribution >= 0.6 is 0 Å². The molecule has 0 bridgehead atoms. The van der Waals surface area contributed by atoms with Crippen molar-refractivity contribution in [2.45, 2.75) is 44.8 Å². The van der Waals surface area contributed by atoms with Crippen molar-refractivity contribution in [1.82, 2.24) is 19.8 Å². The van der Waals surface area contributed by atoms with E-state index in [1.807, 2.05) is 16.8 Å². The first-order valence-corrected chi connectivity index (χ1v) is 10.1. The number of aldehydes is 1. The van der Waals surface area contributed by atoms with Gasteiger partial charge in [0.25, 0.3) is 5.91 Å². The highest BCUT2D eigenvalue weighted by Crippen LogP contribution is 2.28. The van der Waals surface area contributed by atoms with Gasteiger partial charge in [-0.2, -0.15) is 0 Å². The second kappa shape index (κ2) is 10.3. The van der Waals surface area contributed by atoms with Gasteiger partial charge in [-0.05, 0) is 36.5 Å². The zero-order valence-corrected chi connectivity index (χ0v) is 17.4. The maximum Gasteiger partial charge on any atom is 0.255 e. The van der Waals surface area contributed by atoms with E-state index in [2.05, 4.69) is 28.1 Å². The number of nitrogens with zero attached hydrogens (tertiary/aromatic N) is 3. The molecule has 3 rings (SSSR count). The number of hydrogen-bond acceptors (Lipinski definition) is 4. The molecule has 2 amide bonds. The van der Waals surface area contributed by atoms with Gasteiger partial charge in [0.05, 0.1) is 12.4 Å². The van der Waals surface area contributed by atoms with E-state index in [-0.39, 0.29) is 18.2 Å². The van der Waals surface area contributed by atoms with E-state index in [9.17, 15) is 14.4 Å². The number of aromatic nitrogens is 2. The minimum absolute atomic E-state index is 0.159. The third kappa shape index (κ3) is 5.21. The molecule has 7 heteroatoms. The first-order valence-electron chi connectivity index (χ1n) is 10.1. The van der Waals surface area contributed by atoms with E-state index in [1.54, 1.807) is 25.5 Å². The maximum absolute atomic E-state index is 12.8. The minimum atomic E-state index is -0.638. The van der Waals surface area contributed by atoms with Crippen LogP contribution in [-0.2, 0) is 22.7 Å². The quantitative estimate of drug-likeness (QED) is 0.404. The molecule has 1 aromatic heterocycles. The summed E-state index contributed by atoms with van der Waals surface area (Å²) >= 11 is 0. The monoisotopic (exact) mass is 416 g/mol. The van der Waals surface area contributed by atoms with Crippen LogP contribution in [0.2, 0.25) is 0 Å². The summed E-state index contributed by atoms with van der Waals surface area (Å²) in [5, 5.41) is 2.53. The Hall–Kier alpha value is -3.84. The molecule has 0 aliphatic carbocycles. The van der Waals surface area contributed by atoms with E-state index in [1.165, 1.54) is 4.90 Å². The lowest BCUT2D eigenvalue weighted by Crippen LogP contribution is -2.37. The highest BCUT2D eigenvalue weighted by molar-refractivity contribution is 6.00. The molecular formula is C24H24N4O3. The van der Waals surface area contributed by atoms with Gasteiger partial charge in [-0.25, -0.2) is 4.98 Å². The highest BCUT2D eigenvalue weighted by atomic mass is 16.2. The van der Waals surface area contributed by atoms with Crippen molar-refractivity contribution >= 4 is 18.1 Å². The van der Waals surface area contributed by atoms with Crippen molar-refractivity contribution in [3.05, 3.63) is 53.1 Å². The number of aryl methyl sites for hydroxylation is 1. The molecule has 0 spiro atoms. The summed E-state index contributed by atoms with van der Waals surface area (Å²) in [6, 6.07) is 4.81. The van der Waals surface area contributed by atoms with Crippen LogP contribution < -0.4 is 5.32 Å². The minimum Gasteiger partial charge on any atom is -0.359 e. The summed E-state index contributed by atoms with van der Waals surface area (Å²) in [6.07, 6.45) is 11.6. The number of hydrogen-bond donors (Lipinski definition) is 1. The van der Waals surface area contributed by atoms with E-state index < -0.39 is 6.04 Å². The molecule has 1 atom stereocenters. The third-order valence-electron chi connectivity index (χ3n) is 5.22. The number of unbranched alkanes of at least 4 members (excludes halogenated alkanes) is 1. The Labute approximate surface area is 181 Å². The Kier molecular flexibility index (Phi) is 7.24. The molecule has 2 aromatic rings. The zero-order valence-electron chi connectivity index (χ0n) is 17.4. The van der Waals surface area contributed by atoms with Gasteiger partial charge in [0.15, 0.2) is 0 Å². The molecule has 158 valence electrons. The summed E-state index contributed by atoms with van der Waals surface area (Å²) in [4.78, 5) is 41.5. The SMILES string of the molecule is C#Cc1cn(CCCC#Cc2cccc3c2CN(C(C=O)CCC(=O)NC)C3=O)cn1. The second-order valence-electron chi connectivity index (χ2n) is 7.23. The molecule has 2 heterocycles. The van der Waals surface area contributed by atoms with E-state index in [0.29, 0.717) is 30.6 Å². The fourth-order valence-corrected chi connectivity index (χ4v) is 3.51. The van der Waals surface area contributed by atoms with E-state index in [0.717, 1.165) is 30.4 Å². The zero-order chi connectivity index (χ0) is 22.2. The molecule has 7 nitrogen and oxygen atoms in total. The molecule has 1 aliphatic heterocycles. The Bertz CT molecular complexity index is 1080. The topological polar surface area (TPSA) is 84.3 Å². The summed E-state index contributed by atoms with van der Waals surface area (Å²) < 4.78 is 1.94. The van der Waals surface area contributed by atoms with Gasteiger partial charge < -0.3 is 19.6 Å². The predicted molar refractivity (Wildman–Crippen MR) is 116 cm³/mol. The Morgan fingerprint density at radius 1 is 1.42 bits per heavy atom. The fourth-order valence-electron chi connectivity index (χ4n) is 3.51.